The number of ether oxygens (including phenoxy) is 2. The van der Waals surface area contributed by atoms with Crippen LogP contribution >= 0.6 is 0 Å². The van der Waals surface area contributed by atoms with E-state index in [1.54, 1.807) is 0 Å². The number of methoxy groups -OCH3 is 2. The lowest BCUT2D eigenvalue weighted by molar-refractivity contribution is -0.147. The Hall–Kier alpha value is -2.88. The van der Waals surface area contributed by atoms with Crippen LogP contribution in [0.15, 0.2) is 60.7 Å². The Bertz CT molecular complexity index is 886. The molecule has 0 N–H and O–H groups in total. The molecule has 0 aliphatic heterocycles. The minimum Gasteiger partial charge on any atom is -0.469 e. The van der Waals surface area contributed by atoms with Crippen LogP contribution < -0.4 is 0 Å². The van der Waals surface area contributed by atoms with Gasteiger partial charge in [-0.2, -0.15) is 0 Å². The van der Waals surface area contributed by atoms with Crippen LogP contribution in [0.3, 0.4) is 0 Å². The Morgan fingerprint density at radius 2 is 1.58 bits per heavy atom. The molecule has 2 aliphatic rings. The molecule has 0 spiro atoms. The molecule has 132 valence electrons. The zero-order valence-corrected chi connectivity index (χ0v) is 14.7. The van der Waals surface area contributed by atoms with Gasteiger partial charge in [0.1, 0.15) is 0 Å². The van der Waals surface area contributed by atoms with E-state index in [0.717, 1.165) is 16.7 Å². The SMILES string of the molecule is COC(=O)[C@H]1c2ccccc2[C@H]2[C@@H]1C2(/C=C/c1ccccc1)C(=O)OC. The number of rotatable bonds is 4. The van der Waals surface area contributed by atoms with Gasteiger partial charge in [-0.1, -0.05) is 66.7 Å². The molecule has 1 unspecified atom stereocenters. The molecule has 26 heavy (non-hydrogen) atoms. The maximum Gasteiger partial charge on any atom is 0.316 e. The number of esters is 2. The van der Waals surface area contributed by atoms with Gasteiger partial charge in [0.25, 0.3) is 0 Å². The van der Waals surface area contributed by atoms with E-state index < -0.39 is 11.3 Å². The van der Waals surface area contributed by atoms with Gasteiger partial charge in [0.15, 0.2) is 0 Å². The quantitative estimate of drug-likeness (QED) is 0.793. The van der Waals surface area contributed by atoms with Gasteiger partial charge in [-0.05, 0) is 16.7 Å². The van der Waals surface area contributed by atoms with Crippen LogP contribution in [0, 0.1) is 11.3 Å². The third-order valence-electron chi connectivity index (χ3n) is 5.69. The summed E-state index contributed by atoms with van der Waals surface area (Å²) >= 11 is 0. The first-order chi connectivity index (χ1) is 12.6. The minimum absolute atomic E-state index is 0.0600. The van der Waals surface area contributed by atoms with Crippen molar-refractivity contribution in [2.75, 3.05) is 14.2 Å². The zero-order chi connectivity index (χ0) is 18.3. The van der Waals surface area contributed by atoms with Crippen LogP contribution in [0.5, 0.6) is 0 Å². The Balaban J connectivity index is 1.80. The van der Waals surface area contributed by atoms with Gasteiger partial charge in [0.2, 0.25) is 0 Å². The van der Waals surface area contributed by atoms with Gasteiger partial charge in [-0.15, -0.1) is 0 Å². The predicted molar refractivity (Wildman–Crippen MR) is 97.4 cm³/mol. The summed E-state index contributed by atoms with van der Waals surface area (Å²) < 4.78 is 10.2. The summed E-state index contributed by atoms with van der Waals surface area (Å²) in [6, 6.07) is 17.6. The highest BCUT2D eigenvalue weighted by atomic mass is 16.5. The molecule has 2 aromatic rings. The van der Waals surface area contributed by atoms with E-state index in [1.165, 1.54) is 14.2 Å². The fraction of sp³-hybridized carbons (Fsp3) is 0.273. The molecule has 0 saturated heterocycles. The summed E-state index contributed by atoms with van der Waals surface area (Å²) in [5, 5.41) is 0. The molecule has 4 atom stereocenters. The molecule has 2 aliphatic carbocycles. The third kappa shape index (κ3) is 2.22. The predicted octanol–water partition coefficient (Wildman–Crippen LogP) is 3.54. The number of hydrogen-bond acceptors (Lipinski definition) is 4. The standard InChI is InChI=1S/C22H20O4/c1-25-20(23)17-15-10-6-7-11-16(15)18-19(17)22(18,21(24)26-2)13-12-14-8-4-3-5-9-14/h3-13,17-19H,1-2H3/b13-12+/t17-,18-,19+,22?/m0/s1. The van der Waals surface area contributed by atoms with Gasteiger partial charge >= 0.3 is 11.9 Å². The first kappa shape index (κ1) is 16.6. The van der Waals surface area contributed by atoms with Crippen molar-refractivity contribution in [2.24, 2.45) is 11.3 Å². The number of carbonyl (C=O) groups is 2. The summed E-state index contributed by atoms with van der Waals surface area (Å²) in [5.41, 5.74) is 2.18. The summed E-state index contributed by atoms with van der Waals surface area (Å²) in [4.78, 5) is 25.3. The van der Waals surface area contributed by atoms with Crippen LogP contribution in [-0.4, -0.2) is 26.2 Å². The van der Waals surface area contributed by atoms with Crippen molar-refractivity contribution < 1.29 is 19.1 Å². The Morgan fingerprint density at radius 3 is 2.23 bits per heavy atom. The van der Waals surface area contributed by atoms with Gasteiger partial charge in [-0.25, -0.2) is 0 Å². The van der Waals surface area contributed by atoms with E-state index in [9.17, 15) is 9.59 Å². The van der Waals surface area contributed by atoms with E-state index in [1.807, 2.05) is 66.7 Å². The third-order valence-corrected chi connectivity index (χ3v) is 5.69. The molecule has 1 fully saturated rings. The topological polar surface area (TPSA) is 52.6 Å². The molecule has 0 bridgehead atoms. The summed E-state index contributed by atoms with van der Waals surface area (Å²) in [6.07, 6.45) is 3.85. The molecule has 2 aromatic carbocycles. The second-order valence-electron chi connectivity index (χ2n) is 6.80. The van der Waals surface area contributed by atoms with Crippen molar-refractivity contribution in [1.82, 2.24) is 0 Å². The van der Waals surface area contributed by atoms with Gasteiger partial charge in [0.05, 0.1) is 25.6 Å². The van der Waals surface area contributed by atoms with Crippen LogP contribution in [0.2, 0.25) is 0 Å². The van der Waals surface area contributed by atoms with E-state index >= 15 is 0 Å². The Morgan fingerprint density at radius 1 is 0.923 bits per heavy atom. The highest BCUT2D eigenvalue weighted by Gasteiger charge is 2.76. The molecule has 0 radical (unpaired) electrons. The zero-order valence-electron chi connectivity index (χ0n) is 14.7. The number of benzene rings is 2. The largest absolute Gasteiger partial charge is 0.469 e. The second-order valence-corrected chi connectivity index (χ2v) is 6.80. The fourth-order valence-corrected chi connectivity index (χ4v) is 4.55. The maximum atomic E-state index is 12.8. The van der Waals surface area contributed by atoms with Crippen molar-refractivity contribution in [3.63, 3.8) is 0 Å². The maximum absolute atomic E-state index is 12.8. The molecule has 0 heterocycles. The lowest BCUT2D eigenvalue weighted by Crippen LogP contribution is -2.26. The highest BCUT2D eigenvalue weighted by Crippen LogP contribution is 2.76. The van der Waals surface area contributed by atoms with Crippen molar-refractivity contribution in [3.8, 4) is 0 Å². The van der Waals surface area contributed by atoms with Crippen LogP contribution in [0.1, 0.15) is 28.5 Å². The molecule has 4 heteroatoms. The monoisotopic (exact) mass is 348 g/mol. The van der Waals surface area contributed by atoms with E-state index in [0.29, 0.717) is 0 Å². The van der Waals surface area contributed by atoms with Crippen LogP contribution in [-0.2, 0) is 19.1 Å². The van der Waals surface area contributed by atoms with E-state index in [-0.39, 0.29) is 23.8 Å². The summed E-state index contributed by atoms with van der Waals surface area (Å²) in [7, 11) is 2.79. The number of fused-ring (bicyclic) bond motifs is 3. The smallest absolute Gasteiger partial charge is 0.316 e. The van der Waals surface area contributed by atoms with Gasteiger partial charge in [-0.3, -0.25) is 9.59 Å². The van der Waals surface area contributed by atoms with Gasteiger partial charge < -0.3 is 9.47 Å². The molecule has 1 saturated carbocycles. The summed E-state index contributed by atoms with van der Waals surface area (Å²) in [5.74, 6) is -1.28. The van der Waals surface area contributed by atoms with Crippen molar-refractivity contribution in [3.05, 3.63) is 77.4 Å². The van der Waals surface area contributed by atoms with Crippen molar-refractivity contribution in [2.45, 2.75) is 11.8 Å². The van der Waals surface area contributed by atoms with Crippen LogP contribution in [0.25, 0.3) is 6.08 Å². The molecule has 0 aromatic heterocycles. The average Bonchev–Trinajstić information content (AvgIpc) is 3.22. The second kappa shape index (κ2) is 6.13. The lowest BCUT2D eigenvalue weighted by atomic mass is 9.85. The first-order valence-corrected chi connectivity index (χ1v) is 8.64. The van der Waals surface area contributed by atoms with E-state index in [2.05, 4.69) is 0 Å². The fourth-order valence-electron chi connectivity index (χ4n) is 4.55. The Labute approximate surface area is 152 Å². The Kier molecular flexibility index (Phi) is 3.91. The van der Waals surface area contributed by atoms with E-state index in [4.69, 9.17) is 9.47 Å². The van der Waals surface area contributed by atoms with Crippen LogP contribution in [0.4, 0.5) is 0 Å². The molecular formula is C22H20O4. The number of carbonyl (C=O) groups excluding carboxylic acids is 2. The van der Waals surface area contributed by atoms with Crippen molar-refractivity contribution >= 4 is 18.0 Å². The van der Waals surface area contributed by atoms with Crippen molar-refractivity contribution in [1.29, 1.82) is 0 Å². The lowest BCUT2D eigenvalue weighted by Gasteiger charge is -2.21. The first-order valence-electron chi connectivity index (χ1n) is 8.64. The average molecular weight is 348 g/mol. The molecule has 0 amide bonds. The summed E-state index contributed by atoms with van der Waals surface area (Å²) in [6.45, 7) is 0. The molecular weight excluding hydrogens is 328 g/mol. The normalized spacial score (nSPS) is 28.3. The minimum atomic E-state index is -0.822. The molecule has 4 rings (SSSR count). The molecule has 4 nitrogen and oxygen atoms in total. The number of hydrogen-bond donors (Lipinski definition) is 0. The highest BCUT2D eigenvalue weighted by molar-refractivity contribution is 5.93. The van der Waals surface area contributed by atoms with Gasteiger partial charge in [0, 0.05) is 11.8 Å².